The van der Waals surface area contributed by atoms with Crippen molar-refractivity contribution in [3.8, 4) is 11.5 Å². The number of halogens is 1. The number of hydrogen-bond acceptors (Lipinski definition) is 6. The third-order valence-electron chi connectivity index (χ3n) is 4.20. The molecule has 1 aromatic carbocycles. The normalized spacial score (nSPS) is 18.9. The first-order valence-electron chi connectivity index (χ1n) is 8.00. The quantitative estimate of drug-likeness (QED) is 0.787. The Kier molecular flexibility index (Phi) is 5.43. The second-order valence-electron chi connectivity index (χ2n) is 5.90. The van der Waals surface area contributed by atoms with Crippen molar-refractivity contribution >= 4 is 46.5 Å². The number of carbonyl (C=O) groups is 3. The fourth-order valence-corrected chi connectivity index (χ4v) is 3.89. The van der Waals surface area contributed by atoms with Crippen molar-refractivity contribution in [2.24, 2.45) is 0 Å². The van der Waals surface area contributed by atoms with E-state index in [9.17, 15) is 19.5 Å². The van der Waals surface area contributed by atoms with E-state index in [-0.39, 0.29) is 34.4 Å². The number of phenolic OH excluding ortho intramolecular Hbond substituents is 1. The van der Waals surface area contributed by atoms with Gasteiger partial charge >= 0.3 is 0 Å². The molecule has 0 aromatic heterocycles. The maximum atomic E-state index is 12.5. The second kappa shape index (κ2) is 7.59. The highest BCUT2D eigenvalue weighted by molar-refractivity contribution is 8.18. The van der Waals surface area contributed by atoms with Crippen LogP contribution < -0.4 is 4.74 Å². The molecule has 0 bridgehead atoms. The molecule has 138 valence electrons. The number of aromatic hydroxyl groups is 1. The number of hydrogen-bond donors (Lipinski definition) is 1. The monoisotopic (exact) mass is 396 g/mol. The van der Waals surface area contributed by atoms with Crippen LogP contribution in [0.15, 0.2) is 17.0 Å². The number of amides is 3. The Bertz CT molecular complexity index is 805. The number of thioether (sulfide) groups is 1. The van der Waals surface area contributed by atoms with Crippen molar-refractivity contribution in [3.63, 3.8) is 0 Å². The number of benzene rings is 1. The molecule has 7 nitrogen and oxygen atoms in total. The highest BCUT2D eigenvalue weighted by atomic mass is 35.5. The molecule has 2 saturated heterocycles. The molecular formula is C17H17ClN2O5S. The molecule has 26 heavy (non-hydrogen) atoms. The van der Waals surface area contributed by atoms with Gasteiger partial charge in [0.15, 0.2) is 11.5 Å². The van der Waals surface area contributed by atoms with Crippen LogP contribution in [0.2, 0.25) is 5.02 Å². The number of carbonyl (C=O) groups excluding carboxylic acids is 3. The Labute approximate surface area is 159 Å². The number of imide groups is 1. The molecule has 0 aliphatic carbocycles. The van der Waals surface area contributed by atoms with E-state index in [0.29, 0.717) is 18.1 Å². The van der Waals surface area contributed by atoms with Gasteiger partial charge in [0.25, 0.3) is 11.1 Å². The zero-order valence-electron chi connectivity index (χ0n) is 14.0. The summed E-state index contributed by atoms with van der Waals surface area (Å²) in [6.45, 7) is 1.04. The summed E-state index contributed by atoms with van der Waals surface area (Å²) in [6, 6.07) is 2.90. The Morgan fingerprint density at radius 3 is 2.69 bits per heavy atom. The first-order valence-corrected chi connectivity index (χ1v) is 9.20. The van der Waals surface area contributed by atoms with Crippen LogP contribution in [0.25, 0.3) is 6.08 Å². The van der Waals surface area contributed by atoms with E-state index >= 15 is 0 Å². The maximum absolute atomic E-state index is 12.5. The lowest BCUT2D eigenvalue weighted by molar-refractivity contribution is -0.135. The summed E-state index contributed by atoms with van der Waals surface area (Å²) < 4.78 is 5.03. The van der Waals surface area contributed by atoms with Crippen molar-refractivity contribution in [3.05, 3.63) is 27.6 Å². The topological polar surface area (TPSA) is 87.2 Å². The Hall–Kier alpha value is -2.19. The second-order valence-corrected chi connectivity index (χ2v) is 7.33. The largest absolute Gasteiger partial charge is 0.504 e. The molecule has 0 saturated carbocycles. The summed E-state index contributed by atoms with van der Waals surface area (Å²) >= 11 is 6.70. The zero-order valence-corrected chi connectivity index (χ0v) is 15.6. The van der Waals surface area contributed by atoms with E-state index in [2.05, 4.69) is 0 Å². The summed E-state index contributed by atoms with van der Waals surface area (Å²) in [5.74, 6) is -0.826. The van der Waals surface area contributed by atoms with Crippen molar-refractivity contribution < 1.29 is 24.2 Å². The molecule has 2 fully saturated rings. The fourth-order valence-electron chi connectivity index (χ4n) is 2.84. The first kappa shape index (κ1) is 18.6. The Balaban J connectivity index is 1.81. The molecule has 0 spiro atoms. The first-order chi connectivity index (χ1) is 12.4. The van der Waals surface area contributed by atoms with Crippen LogP contribution in [0.4, 0.5) is 4.79 Å². The molecular weight excluding hydrogens is 380 g/mol. The minimum absolute atomic E-state index is 0.115. The fraction of sp³-hybridized carbons (Fsp3) is 0.353. The highest BCUT2D eigenvalue weighted by Gasteiger charge is 2.37. The van der Waals surface area contributed by atoms with Gasteiger partial charge in [-0.3, -0.25) is 19.3 Å². The third-order valence-corrected chi connectivity index (χ3v) is 5.33. The molecule has 3 rings (SSSR count). The van der Waals surface area contributed by atoms with E-state index in [0.717, 1.165) is 29.5 Å². The molecule has 3 amide bonds. The van der Waals surface area contributed by atoms with Crippen molar-refractivity contribution in [1.82, 2.24) is 9.80 Å². The molecule has 2 aliphatic rings. The van der Waals surface area contributed by atoms with Gasteiger partial charge in [-0.15, -0.1) is 0 Å². The minimum Gasteiger partial charge on any atom is -0.504 e. The summed E-state index contributed by atoms with van der Waals surface area (Å²) in [6.07, 6.45) is 3.24. The van der Waals surface area contributed by atoms with Crippen molar-refractivity contribution in [2.75, 3.05) is 26.7 Å². The van der Waals surface area contributed by atoms with Crippen LogP contribution in [0.3, 0.4) is 0 Å². The van der Waals surface area contributed by atoms with Gasteiger partial charge < -0.3 is 14.7 Å². The lowest BCUT2D eigenvalue weighted by Crippen LogP contribution is -2.40. The number of methoxy groups -OCH3 is 1. The third kappa shape index (κ3) is 3.66. The average Bonchev–Trinajstić information content (AvgIpc) is 3.22. The molecule has 0 atom stereocenters. The molecule has 0 unspecified atom stereocenters. The van der Waals surface area contributed by atoms with E-state index in [1.165, 1.54) is 25.3 Å². The van der Waals surface area contributed by atoms with Crippen LogP contribution in [-0.2, 0) is 9.59 Å². The van der Waals surface area contributed by atoms with Crippen molar-refractivity contribution in [2.45, 2.75) is 12.8 Å². The Morgan fingerprint density at radius 2 is 2.04 bits per heavy atom. The van der Waals surface area contributed by atoms with Crippen LogP contribution in [0.1, 0.15) is 18.4 Å². The van der Waals surface area contributed by atoms with E-state index in [1.807, 2.05) is 0 Å². The standard InChI is InChI=1S/C17H17ClN2O5S/c1-25-12-8-11(18)6-10(15(12)22)7-13-16(23)20(17(24)26-13)9-14(21)19-4-2-3-5-19/h6-8,22H,2-5,9H2,1H3. The van der Waals surface area contributed by atoms with Gasteiger partial charge in [-0.2, -0.15) is 0 Å². The van der Waals surface area contributed by atoms with E-state index < -0.39 is 11.1 Å². The number of ether oxygens (including phenoxy) is 1. The highest BCUT2D eigenvalue weighted by Crippen LogP contribution is 2.38. The number of nitrogens with zero attached hydrogens (tertiary/aromatic N) is 2. The lowest BCUT2D eigenvalue weighted by atomic mass is 10.1. The molecule has 2 aliphatic heterocycles. The van der Waals surface area contributed by atoms with Crippen molar-refractivity contribution in [1.29, 1.82) is 0 Å². The average molecular weight is 397 g/mol. The number of phenols is 1. The smallest absolute Gasteiger partial charge is 0.294 e. The van der Waals surface area contributed by atoms with Gasteiger partial charge in [-0.1, -0.05) is 11.6 Å². The summed E-state index contributed by atoms with van der Waals surface area (Å²) in [5.41, 5.74) is 0.255. The van der Waals surface area contributed by atoms with Gasteiger partial charge in [-0.25, -0.2) is 0 Å². The van der Waals surface area contributed by atoms with Crippen LogP contribution in [-0.4, -0.2) is 58.7 Å². The molecule has 2 heterocycles. The van der Waals surface area contributed by atoms with Gasteiger partial charge in [0, 0.05) is 29.7 Å². The predicted molar refractivity (Wildman–Crippen MR) is 98.2 cm³/mol. The molecule has 1 N–H and O–H groups in total. The minimum atomic E-state index is -0.564. The Morgan fingerprint density at radius 1 is 1.35 bits per heavy atom. The number of likely N-dealkylation sites (tertiary alicyclic amines) is 1. The zero-order chi connectivity index (χ0) is 18.8. The summed E-state index contributed by atoms with van der Waals surface area (Å²) in [7, 11) is 1.38. The SMILES string of the molecule is COc1cc(Cl)cc(C=C2SC(=O)N(CC(=O)N3CCCC3)C2=O)c1O. The molecule has 9 heteroatoms. The summed E-state index contributed by atoms with van der Waals surface area (Å²) in [5, 5.41) is 9.97. The van der Waals surface area contributed by atoms with Crippen LogP contribution in [0, 0.1) is 0 Å². The van der Waals surface area contributed by atoms with Gasteiger partial charge in [0.05, 0.1) is 12.0 Å². The maximum Gasteiger partial charge on any atom is 0.294 e. The van der Waals surface area contributed by atoms with E-state index in [1.54, 1.807) is 4.90 Å². The van der Waals surface area contributed by atoms with Crippen LogP contribution in [0.5, 0.6) is 11.5 Å². The van der Waals surface area contributed by atoms with Crippen LogP contribution >= 0.6 is 23.4 Å². The van der Waals surface area contributed by atoms with Gasteiger partial charge in [-0.05, 0) is 36.7 Å². The lowest BCUT2D eigenvalue weighted by Gasteiger charge is -2.18. The van der Waals surface area contributed by atoms with Gasteiger partial charge in [0.1, 0.15) is 6.54 Å². The van der Waals surface area contributed by atoms with Gasteiger partial charge in [0.2, 0.25) is 5.91 Å². The molecule has 1 aromatic rings. The predicted octanol–water partition coefficient (Wildman–Crippen LogP) is 2.71. The summed E-state index contributed by atoms with van der Waals surface area (Å²) in [4.78, 5) is 39.6. The number of rotatable bonds is 4. The van der Waals surface area contributed by atoms with E-state index in [4.69, 9.17) is 16.3 Å². The molecule has 0 radical (unpaired) electrons.